The van der Waals surface area contributed by atoms with Crippen LogP contribution in [0.2, 0.25) is 0 Å². The van der Waals surface area contributed by atoms with Crippen LogP contribution in [-0.2, 0) is 5.41 Å². The number of nitrogens with zero attached hydrogens (tertiary/aromatic N) is 3. The highest BCUT2D eigenvalue weighted by atomic mass is 16.5. The standard InChI is InChI=1S/C56H42BN3O/c1-56(2,3)37-30-32-41(33-31-37)60-48-28-17-29-52-55(48)57(46-34-45-43-25-15-16-27-47(43)59(40-22-11-6-12-23-40)50(45)36-53(46)61-52)54-44-26-14-13-24-42(44)49(35-51(54)60)58(38-18-7-4-8-19-38)39-20-9-5-10-21-39/h4-36H,1-3H3. The maximum absolute atomic E-state index is 7.12. The second-order valence-electron chi connectivity index (χ2n) is 17.3. The second-order valence-corrected chi connectivity index (χ2v) is 17.3. The van der Waals surface area contributed by atoms with E-state index < -0.39 is 0 Å². The summed E-state index contributed by atoms with van der Waals surface area (Å²) in [5.41, 5.74) is 15.1. The lowest BCUT2D eigenvalue weighted by atomic mass is 9.33. The van der Waals surface area contributed by atoms with Crippen molar-refractivity contribution in [1.29, 1.82) is 0 Å². The van der Waals surface area contributed by atoms with Crippen molar-refractivity contribution >= 4 is 89.8 Å². The van der Waals surface area contributed by atoms with Crippen LogP contribution in [0.15, 0.2) is 200 Å². The minimum absolute atomic E-state index is 0.0249. The molecule has 5 heteroatoms. The summed E-state index contributed by atoms with van der Waals surface area (Å²) >= 11 is 0. The summed E-state index contributed by atoms with van der Waals surface area (Å²) < 4.78 is 9.50. The average Bonchev–Trinajstić information content (AvgIpc) is 3.62. The van der Waals surface area contributed by atoms with Gasteiger partial charge in [-0.2, -0.15) is 0 Å². The van der Waals surface area contributed by atoms with Crippen molar-refractivity contribution in [2.24, 2.45) is 0 Å². The average molecular weight is 784 g/mol. The van der Waals surface area contributed by atoms with Crippen molar-refractivity contribution in [3.8, 4) is 17.2 Å². The molecule has 0 fully saturated rings. The Morgan fingerprint density at radius 2 is 1.08 bits per heavy atom. The molecule has 0 unspecified atom stereocenters. The first-order chi connectivity index (χ1) is 29.9. The number of hydrogen-bond acceptors (Lipinski definition) is 3. The van der Waals surface area contributed by atoms with Gasteiger partial charge in [-0.1, -0.05) is 142 Å². The van der Waals surface area contributed by atoms with Crippen molar-refractivity contribution in [2.75, 3.05) is 9.80 Å². The van der Waals surface area contributed by atoms with E-state index in [9.17, 15) is 0 Å². The molecule has 0 amide bonds. The Labute approximate surface area is 356 Å². The number of hydrogen-bond donors (Lipinski definition) is 0. The molecule has 1 aromatic heterocycles. The molecule has 61 heavy (non-hydrogen) atoms. The van der Waals surface area contributed by atoms with Gasteiger partial charge in [-0.05, 0) is 106 Å². The predicted molar refractivity (Wildman–Crippen MR) is 258 cm³/mol. The van der Waals surface area contributed by atoms with Crippen LogP contribution in [0.4, 0.5) is 34.1 Å². The first kappa shape index (κ1) is 35.4. The van der Waals surface area contributed by atoms with Gasteiger partial charge in [0.1, 0.15) is 11.5 Å². The van der Waals surface area contributed by atoms with Crippen LogP contribution in [-0.4, -0.2) is 11.3 Å². The minimum Gasteiger partial charge on any atom is -0.458 e. The first-order valence-corrected chi connectivity index (χ1v) is 21.2. The molecule has 12 rings (SSSR count). The highest BCUT2D eigenvalue weighted by molar-refractivity contribution is 7.00. The fourth-order valence-corrected chi connectivity index (χ4v) is 10.00. The lowest BCUT2D eigenvalue weighted by Gasteiger charge is -2.41. The van der Waals surface area contributed by atoms with Gasteiger partial charge >= 0.3 is 0 Å². The molecular weight excluding hydrogens is 741 g/mol. The van der Waals surface area contributed by atoms with E-state index in [0.29, 0.717) is 0 Å². The predicted octanol–water partition coefficient (Wildman–Crippen LogP) is 13.1. The molecule has 0 aliphatic carbocycles. The Bertz CT molecular complexity index is 3280. The van der Waals surface area contributed by atoms with E-state index in [1.54, 1.807) is 0 Å². The van der Waals surface area contributed by atoms with Gasteiger partial charge in [0.2, 0.25) is 0 Å². The smallest absolute Gasteiger partial charge is 0.257 e. The zero-order valence-electron chi connectivity index (χ0n) is 34.4. The van der Waals surface area contributed by atoms with Crippen LogP contribution in [0.5, 0.6) is 11.5 Å². The lowest BCUT2D eigenvalue weighted by molar-refractivity contribution is 0.488. The van der Waals surface area contributed by atoms with Gasteiger partial charge in [0.25, 0.3) is 6.71 Å². The fraction of sp³-hybridized carbons (Fsp3) is 0.0714. The molecule has 0 bridgehead atoms. The van der Waals surface area contributed by atoms with Crippen LogP contribution in [0.25, 0.3) is 38.3 Å². The number of fused-ring (bicyclic) bond motifs is 9. The van der Waals surface area contributed by atoms with Gasteiger partial charge in [0.15, 0.2) is 0 Å². The molecule has 0 saturated carbocycles. The molecule has 10 aromatic rings. The van der Waals surface area contributed by atoms with E-state index in [2.05, 4.69) is 235 Å². The van der Waals surface area contributed by atoms with Gasteiger partial charge in [-0.3, -0.25) is 0 Å². The van der Waals surface area contributed by atoms with Gasteiger partial charge in [0, 0.05) is 56.3 Å². The highest BCUT2D eigenvalue weighted by Gasteiger charge is 2.44. The summed E-state index contributed by atoms with van der Waals surface area (Å²) in [5.74, 6) is 1.78. The van der Waals surface area contributed by atoms with Crippen molar-refractivity contribution in [3.63, 3.8) is 0 Å². The number of para-hydroxylation sites is 4. The lowest BCUT2D eigenvalue weighted by Crippen LogP contribution is -2.59. The van der Waals surface area contributed by atoms with Crippen LogP contribution in [0, 0.1) is 0 Å². The number of benzene rings is 9. The van der Waals surface area contributed by atoms with Crippen LogP contribution < -0.4 is 30.9 Å². The molecule has 0 atom stereocenters. The van der Waals surface area contributed by atoms with Crippen molar-refractivity contribution in [2.45, 2.75) is 26.2 Å². The van der Waals surface area contributed by atoms with E-state index in [1.807, 2.05) is 0 Å². The quantitative estimate of drug-likeness (QED) is 0.162. The zero-order valence-corrected chi connectivity index (χ0v) is 34.4. The van der Waals surface area contributed by atoms with Crippen molar-refractivity contribution in [3.05, 3.63) is 206 Å². The summed E-state index contributed by atoms with van der Waals surface area (Å²) in [4.78, 5) is 4.89. The molecule has 4 nitrogen and oxygen atoms in total. The SMILES string of the molecule is CC(C)(C)c1ccc(N2c3cccc4c3B(c3cc5c6ccccc6n(-c6ccccc6)c5cc3O4)c3c2cc(N(c2ccccc2)c2ccccc2)c2ccccc32)cc1. The van der Waals surface area contributed by atoms with Crippen molar-refractivity contribution in [1.82, 2.24) is 4.57 Å². The van der Waals surface area contributed by atoms with E-state index in [0.717, 1.165) is 56.8 Å². The summed E-state index contributed by atoms with van der Waals surface area (Å²) in [7, 11) is 0. The Morgan fingerprint density at radius 1 is 0.459 bits per heavy atom. The number of ether oxygens (including phenoxy) is 1. The molecule has 0 radical (unpaired) electrons. The molecular formula is C56H42BN3O. The normalized spacial score (nSPS) is 12.9. The van der Waals surface area contributed by atoms with Crippen LogP contribution in [0.3, 0.4) is 0 Å². The van der Waals surface area contributed by atoms with E-state index in [-0.39, 0.29) is 12.1 Å². The first-order valence-electron chi connectivity index (χ1n) is 21.2. The van der Waals surface area contributed by atoms with Crippen molar-refractivity contribution < 1.29 is 4.74 Å². The maximum atomic E-state index is 7.12. The number of rotatable bonds is 5. The molecule has 3 heterocycles. The zero-order chi connectivity index (χ0) is 40.8. The molecule has 2 aliphatic heterocycles. The third-order valence-corrected chi connectivity index (χ3v) is 12.8. The molecule has 9 aromatic carbocycles. The van der Waals surface area contributed by atoms with Gasteiger partial charge in [-0.25, -0.2) is 0 Å². The monoisotopic (exact) mass is 783 g/mol. The van der Waals surface area contributed by atoms with Crippen LogP contribution in [0.1, 0.15) is 26.3 Å². The number of anilines is 6. The second kappa shape index (κ2) is 13.5. The maximum Gasteiger partial charge on any atom is 0.257 e. The van der Waals surface area contributed by atoms with E-state index in [4.69, 9.17) is 4.74 Å². The molecule has 290 valence electrons. The van der Waals surface area contributed by atoms with Gasteiger partial charge in [-0.15, -0.1) is 0 Å². The molecule has 2 aliphatic rings. The molecule has 0 saturated heterocycles. The summed E-state index contributed by atoms with van der Waals surface area (Å²) in [6.07, 6.45) is 0. The number of aromatic nitrogens is 1. The summed E-state index contributed by atoms with van der Waals surface area (Å²) in [6, 6.07) is 72.9. The third kappa shape index (κ3) is 5.47. The Kier molecular flexibility index (Phi) is 7.86. The Morgan fingerprint density at radius 3 is 1.77 bits per heavy atom. The largest absolute Gasteiger partial charge is 0.458 e. The minimum atomic E-state index is -0.0980. The third-order valence-electron chi connectivity index (χ3n) is 12.8. The topological polar surface area (TPSA) is 20.6 Å². The van der Waals surface area contributed by atoms with E-state index in [1.165, 1.54) is 49.0 Å². The highest BCUT2D eigenvalue weighted by Crippen LogP contribution is 2.48. The van der Waals surface area contributed by atoms with Crippen LogP contribution >= 0.6 is 0 Å². The van der Waals surface area contributed by atoms with Gasteiger partial charge in [0.05, 0.1) is 16.7 Å². The van der Waals surface area contributed by atoms with Gasteiger partial charge < -0.3 is 19.1 Å². The fourth-order valence-electron chi connectivity index (χ4n) is 10.00. The van der Waals surface area contributed by atoms with E-state index >= 15 is 0 Å². The Balaban J connectivity index is 1.19. The Hall–Kier alpha value is -7.50. The molecule has 0 spiro atoms. The molecule has 0 N–H and O–H groups in total. The summed E-state index contributed by atoms with van der Waals surface area (Å²) in [5, 5.41) is 4.84. The summed E-state index contributed by atoms with van der Waals surface area (Å²) in [6.45, 7) is 6.73.